The van der Waals surface area contributed by atoms with Crippen LogP contribution in [0.3, 0.4) is 0 Å². The third kappa shape index (κ3) is 6.51. The highest BCUT2D eigenvalue weighted by atomic mass is 16.3. The Labute approximate surface area is 192 Å². The summed E-state index contributed by atoms with van der Waals surface area (Å²) in [6.45, 7) is 1.92. The highest BCUT2D eigenvalue weighted by Crippen LogP contribution is 2.19. The predicted octanol–water partition coefficient (Wildman–Crippen LogP) is 2.04. The fourth-order valence-corrected chi connectivity index (χ4v) is 3.53. The molecule has 0 radical (unpaired) electrons. The van der Waals surface area contributed by atoms with Crippen LogP contribution in [-0.4, -0.2) is 35.0 Å². The van der Waals surface area contributed by atoms with Crippen LogP contribution in [0.4, 0.5) is 0 Å². The van der Waals surface area contributed by atoms with Crippen molar-refractivity contribution in [2.45, 2.75) is 31.5 Å². The van der Waals surface area contributed by atoms with Gasteiger partial charge in [-0.1, -0.05) is 78.4 Å². The molecule has 0 fully saturated rings. The molecular formula is C26H27N3O4. The minimum absolute atomic E-state index is 0.182. The fourth-order valence-electron chi connectivity index (χ4n) is 3.53. The van der Waals surface area contributed by atoms with E-state index in [1.54, 1.807) is 60.7 Å². The Morgan fingerprint density at radius 2 is 1.52 bits per heavy atom. The highest BCUT2D eigenvalue weighted by Gasteiger charge is 2.31. The number of primary amides is 1. The van der Waals surface area contributed by atoms with Crippen LogP contribution in [0.25, 0.3) is 0 Å². The van der Waals surface area contributed by atoms with Crippen LogP contribution in [0, 0.1) is 6.92 Å². The Morgan fingerprint density at radius 3 is 2.12 bits per heavy atom. The molecular weight excluding hydrogens is 418 g/mol. The zero-order valence-electron chi connectivity index (χ0n) is 18.3. The molecule has 0 saturated carbocycles. The van der Waals surface area contributed by atoms with Gasteiger partial charge in [0.1, 0.15) is 6.04 Å². The molecule has 0 aliphatic heterocycles. The van der Waals surface area contributed by atoms with E-state index in [1.165, 1.54) is 0 Å². The van der Waals surface area contributed by atoms with E-state index >= 15 is 0 Å². The zero-order valence-corrected chi connectivity index (χ0v) is 18.3. The van der Waals surface area contributed by atoms with Gasteiger partial charge in [-0.2, -0.15) is 0 Å². The van der Waals surface area contributed by atoms with Gasteiger partial charge in [0.25, 0.3) is 11.8 Å². The molecule has 33 heavy (non-hydrogen) atoms. The minimum atomic E-state index is -1.65. The molecule has 0 saturated heterocycles. The molecule has 3 rings (SSSR count). The first-order chi connectivity index (χ1) is 15.8. The van der Waals surface area contributed by atoms with Crippen molar-refractivity contribution in [2.75, 3.05) is 0 Å². The van der Waals surface area contributed by atoms with Crippen LogP contribution < -0.4 is 16.4 Å². The predicted molar refractivity (Wildman–Crippen MR) is 125 cm³/mol. The SMILES string of the molecule is Cc1cccc(C[C@H](NC(=O)[C@H](O)[C@@H](NC(=O)c2ccccc2)c2ccccc2)C(N)=O)c1. The van der Waals surface area contributed by atoms with E-state index in [-0.39, 0.29) is 6.42 Å². The average molecular weight is 446 g/mol. The highest BCUT2D eigenvalue weighted by molar-refractivity contribution is 5.95. The molecule has 0 aliphatic carbocycles. The number of aliphatic hydroxyl groups excluding tert-OH is 1. The number of amides is 3. The number of hydrogen-bond donors (Lipinski definition) is 4. The molecule has 0 aliphatic rings. The first kappa shape index (κ1) is 23.7. The molecule has 0 aromatic heterocycles. The van der Waals surface area contributed by atoms with Gasteiger partial charge in [-0.25, -0.2) is 0 Å². The molecule has 7 heteroatoms. The monoisotopic (exact) mass is 445 g/mol. The lowest BCUT2D eigenvalue weighted by Gasteiger charge is -2.26. The Kier molecular flexibility index (Phi) is 7.94. The van der Waals surface area contributed by atoms with E-state index in [9.17, 15) is 19.5 Å². The number of aliphatic hydroxyl groups is 1. The molecule has 0 unspecified atom stereocenters. The van der Waals surface area contributed by atoms with Crippen LogP contribution in [0.15, 0.2) is 84.9 Å². The second-order valence-electron chi connectivity index (χ2n) is 7.83. The maximum atomic E-state index is 12.9. The van der Waals surface area contributed by atoms with Crippen LogP contribution in [0.1, 0.15) is 33.1 Å². The lowest BCUT2D eigenvalue weighted by molar-refractivity contribution is -0.134. The van der Waals surface area contributed by atoms with Gasteiger partial charge in [-0.3, -0.25) is 14.4 Å². The van der Waals surface area contributed by atoms with Gasteiger partial charge in [0.15, 0.2) is 6.10 Å². The third-order valence-electron chi connectivity index (χ3n) is 5.25. The maximum Gasteiger partial charge on any atom is 0.252 e. The van der Waals surface area contributed by atoms with Crippen molar-refractivity contribution in [1.29, 1.82) is 0 Å². The van der Waals surface area contributed by atoms with Gasteiger partial charge in [-0.05, 0) is 30.2 Å². The smallest absolute Gasteiger partial charge is 0.252 e. The summed E-state index contributed by atoms with van der Waals surface area (Å²) in [5, 5.41) is 16.1. The van der Waals surface area contributed by atoms with Crippen LogP contribution in [-0.2, 0) is 16.0 Å². The number of aryl methyl sites for hydroxylation is 1. The van der Waals surface area contributed by atoms with Gasteiger partial charge in [-0.15, -0.1) is 0 Å². The van der Waals surface area contributed by atoms with Gasteiger partial charge in [0.2, 0.25) is 5.91 Å². The molecule has 0 bridgehead atoms. The maximum absolute atomic E-state index is 12.9. The normalized spacial score (nSPS) is 13.4. The van der Waals surface area contributed by atoms with Crippen molar-refractivity contribution in [3.63, 3.8) is 0 Å². The minimum Gasteiger partial charge on any atom is -0.381 e. The summed E-state index contributed by atoms with van der Waals surface area (Å²) in [4.78, 5) is 37.7. The van der Waals surface area contributed by atoms with Crippen molar-refractivity contribution in [3.05, 3.63) is 107 Å². The van der Waals surface area contributed by atoms with Crippen LogP contribution in [0.2, 0.25) is 0 Å². The third-order valence-corrected chi connectivity index (χ3v) is 5.25. The quantitative estimate of drug-likeness (QED) is 0.403. The largest absolute Gasteiger partial charge is 0.381 e. The van der Waals surface area contributed by atoms with E-state index in [0.717, 1.165) is 11.1 Å². The lowest BCUT2D eigenvalue weighted by Crippen LogP contribution is -2.52. The molecule has 0 spiro atoms. The van der Waals surface area contributed by atoms with Gasteiger partial charge >= 0.3 is 0 Å². The summed E-state index contributed by atoms with van der Waals surface area (Å²) in [6.07, 6.45) is -1.47. The summed E-state index contributed by atoms with van der Waals surface area (Å²) in [5.74, 6) is -1.97. The number of rotatable bonds is 9. The Bertz CT molecular complexity index is 1100. The number of carbonyl (C=O) groups is 3. The van der Waals surface area contributed by atoms with Crippen LogP contribution in [0.5, 0.6) is 0 Å². The van der Waals surface area contributed by atoms with Gasteiger partial charge in [0.05, 0.1) is 6.04 Å². The number of hydrogen-bond acceptors (Lipinski definition) is 4. The number of nitrogens with two attached hydrogens (primary N) is 1. The van der Waals surface area contributed by atoms with Gasteiger partial charge in [0, 0.05) is 12.0 Å². The van der Waals surface area contributed by atoms with Crippen LogP contribution >= 0.6 is 0 Å². The van der Waals surface area contributed by atoms with E-state index in [2.05, 4.69) is 10.6 Å². The number of carbonyl (C=O) groups excluding carboxylic acids is 3. The Morgan fingerprint density at radius 1 is 0.879 bits per heavy atom. The first-order valence-electron chi connectivity index (χ1n) is 10.6. The van der Waals surface area contributed by atoms with E-state index in [4.69, 9.17) is 5.73 Å². The lowest BCUT2D eigenvalue weighted by atomic mass is 9.98. The van der Waals surface area contributed by atoms with E-state index in [1.807, 2.05) is 31.2 Å². The molecule has 7 nitrogen and oxygen atoms in total. The fraction of sp³-hybridized carbons (Fsp3) is 0.192. The molecule has 5 N–H and O–H groups in total. The number of nitrogens with one attached hydrogen (secondary N) is 2. The molecule has 3 aromatic carbocycles. The van der Waals surface area contributed by atoms with Crippen molar-refractivity contribution >= 4 is 17.7 Å². The van der Waals surface area contributed by atoms with Crippen molar-refractivity contribution in [3.8, 4) is 0 Å². The van der Waals surface area contributed by atoms with E-state index in [0.29, 0.717) is 11.1 Å². The van der Waals surface area contributed by atoms with E-state index < -0.39 is 35.9 Å². The average Bonchev–Trinajstić information content (AvgIpc) is 2.82. The number of benzene rings is 3. The molecule has 170 valence electrons. The topological polar surface area (TPSA) is 122 Å². The summed E-state index contributed by atoms with van der Waals surface area (Å²) in [5.41, 5.74) is 8.27. The summed E-state index contributed by atoms with van der Waals surface area (Å²) < 4.78 is 0. The van der Waals surface area contributed by atoms with Crippen molar-refractivity contribution < 1.29 is 19.5 Å². The summed E-state index contributed by atoms with van der Waals surface area (Å²) >= 11 is 0. The Balaban J connectivity index is 1.79. The van der Waals surface area contributed by atoms with Gasteiger partial charge < -0.3 is 21.5 Å². The van der Waals surface area contributed by atoms with Crippen molar-refractivity contribution in [1.82, 2.24) is 10.6 Å². The second kappa shape index (κ2) is 11.1. The van der Waals surface area contributed by atoms with Crippen molar-refractivity contribution in [2.24, 2.45) is 5.73 Å². The molecule has 3 amide bonds. The molecule has 0 heterocycles. The molecule has 3 aromatic rings. The second-order valence-corrected chi connectivity index (χ2v) is 7.83. The zero-order chi connectivity index (χ0) is 23.8. The molecule has 3 atom stereocenters. The Hall–Kier alpha value is -3.97. The summed E-state index contributed by atoms with van der Waals surface area (Å²) in [6, 6.07) is 22.6. The first-order valence-corrected chi connectivity index (χ1v) is 10.6. The summed E-state index contributed by atoms with van der Waals surface area (Å²) in [7, 11) is 0. The standard InChI is InChI=1S/C26H27N3O4/c1-17-9-8-10-18(15-17)16-21(24(27)31)28-26(33)23(30)22(19-11-4-2-5-12-19)29-25(32)20-13-6-3-7-14-20/h2-15,21-23,30H,16H2,1H3,(H2,27,31)(H,28,33)(H,29,32)/t21-,22-,23+/m0/s1.